The van der Waals surface area contributed by atoms with Crippen molar-refractivity contribution in [2.45, 2.75) is 19.3 Å². The predicted molar refractivity (Wildman–Crippen MR) is 126 cm³/mol. The first-order valence-corrected chi connectivity index (χ1v) is 10.6. The van der Waals surface area contributed by atoms with E-state index in [0.29, 0.717) is 45.4 Å². The minimum atomic E-state index is -0.352. The lowest BCUT2D eigenvalue weighted by Gasteiger charge is -2.27. The van der Waals surface area contributed by atoms with Crippen molar-refractivity contribution in [3.05, 3.63) is 69.0 Å². The summed E-state index contributed by atoms with van der Waals surface area (Å²) in [6, 6.07) is 11.5. The van der Waals surface area contributed by atoms with Gasteiger partial charge in [0, 0.05) is 18.7 Å². The second-order valence-electron chi connectivity index (χ2n) is 7.08. The lowest BCUT2D eigenvalue weighted by molar-refractivity contribution is 0.343. The van der Waals surface area contributed by atoms with E-state index in [9.17, 15) is 0 Å². The summed E-state index contributed by atoms with van der Waals surface area (Å²) in [6.07, 6.45) is 1.16. The summed E-state index contributed by atoms with van der Waals surface area (Å²) in [7, 11) is 1.71. The molecule has 4 N–H and O–H groups in total. The van der Waals surface area contributed by atoms with E-state index < -0.39 is 0 Å². The van der Waals surface area contributed by atoms with Gasteiger partial charge in [-0.05, 0) is 35.4 Å². The van der Waals surface area contributed by atoms with E-state index in [2.05, 4.69) is 19.2 Å². The average Bonchev–Trinajstić information content (AvgIpc) is 2.72. The molecule has 0 fully saturated rings. The zero-order chi connectivity index (χ0) is 22.3. The summed E-state index contributed by atoms with van der Waals surface area (Å²) in [5, 5.41) is 11.1. The largest absolute Gasteiger partial charge is 0.489 e. The minimum absolute atomic E-state index is 0.184. The van der Waals surface area contributed by atoms with E-state index in [-0.39, 0.29) is 12.0 Å². The van der Waals surface area contributed by atoms with E-state index in [1.54, 1.807) is 7.05 Å². The van der Waals surface area contributed by atoms with Crippen LogP contribution in [-0.4, -0.2) is 32.4 Å². The highest BCUT2D eigenvalue weighted by Crippen LogP contribution is 2.40. The molecular weight excluding hydrogens is 445 g/mol. The predicted octanol–water partition coefficient (Wildman–Crippen LogP) is 5.35. The minimum Gasteiger partial charge on any atom is -0.489 e. The number of allylic oxidation sites excluding steroid dienone is 1. The molecule has 8 heteroatoms. The molecule has 0 saturated carbocycles. The van der Waals surface area contributed by atoms with Gasteiger partial charge in [-0.2, -0.15) is 0 Å². The Kier molecular flexibility index (Phi) is 8.71. The maximum Gasteiger partial charge on any atom is 0.156 e. The smallest absolute Gasteiger partial charge is 0.156 e. The second kappa shape index (κ2) is 10.8. The summed E-state index contributed by atoms with van der Waals surface area (Å²) >= 11 is 18.5. The SMILES string of the molecule is CN/C(C=N)=C(/N)COc1ccc(C(C)(C)c2cc(Cl)c(OCCCl)c(Cl)c2)cc1. The molecule has 0 aromatic heterocycles. The highest BCUT2D eigenvalue weighted by Gasteiger charge is 2.25. The van der Waals surface area contributed by atoms with E-state index >= 15 is 0 Å². The maximum absolute atomic E-state index is 7.32. The van der Waals surface area contributed by atoms with Gasteiger partial charge in [0.1, 0.15) is 19.0 Å². The van der Waals surface area contributed by atoms with E-state index in [1.807, 2.05) is 36.4 Å². The highest BCUT2D eigenvalue weighted by atomic mass is 35.5. The Bertz CT molecular complexity index is 889. The molecule has 2 aromatic rings. The Morgan fingerprint density at radius 2 is 1.70 bits per heavy atom. The fourth-order valence-electron chi connectivity index (χ4n) is 2.90. The van der Waals surface area contributed by atoms with Crippen LogP contribution >= 0.6 is 34.8 Å². The number of alkyl halides is 1. The van der Waals surface area contributed by atoms with Crippen LogP contribution in [0.15, 0.2) is 47.8 Å². The quantitative estimate of drug-likeness (QED) is 0.323. The number of nitrogens with two attached hydrogens (primary N) is 1. The van der Waals surface area contributed by atoms with Crippen molar-refractivity contribution in [3.8, 4) is 11.5 Å². The van der Waals surface area contributed by atoms with Gasteiger partial charge in [0.25, 0.3) is 0 Å². The summed E-state index contributed by atoms with van der Waals surface area (Å²) in [5.41, 5.74) is 8.59. The van der Waals surface area contributed by atoms with Crippen LogP contribution in [-0.2, 0) is 5.41 Å². The Morgan fingerprint density at radius 3 is 2.20 bits per heavy atom. The van der Waals surface area contributed by atoms with Gasteiger partial charge in [0.2, 0.25) is 0 Å². The molecule has 0 unspecified atom stereocenters. The fourth-order valence-corrected chi connectivity index (χ4v) is 3.57. The Morgan fingerprint density at radius 1 is 1.10 bits per heavy atom. The number of hydrogen-bond donors (Lipinski definition) is 3. The van der Waals surface area contributed by atoms with Crippen LogP contribution in [0, 0.1) is 5.41 Å². The lowest BCUT2D eigenvalue weighted by Crippen LogP contribution is -2.20. The maximum atomic E-state index is 7.32. The number of ether oxygens (including phenoxy) is 2. The Balaban J connectivity index is 2.21. The van der Waals surface area contributed by atoms with Crippen LogP contribution in [0.25, 0.3) is 0 Å². The van der Waals surface area contributed by atoms with E-state index in [0.717, 1.165) is 17.3 Å². The monoisotopic (exact) mass is 469 g/mol. The summed E-state index contributed by atoms with van der Waals surface area (Å²) in [4.78, 5) is 0. The fraction of sp³-hybridized carbons (Fsp3) is 0.318. The van der Waals surface area contributed by atoms with Crippen LogP contribution in [0.1, 0.15) is 25.0 Å². The molecule has 0 amide bonds. The molecule has 0 heterocycles. The van der Waals surface area contributed by atoms with Crippen molar-refractivity contribution in [2.75, 3.05) is 26.1 Å². The average molecular weight is 471 g/mol. The highest BCUT2D eigenvalue weighted by molar-refractivity contribution is 6.37. The summed E-state index contributed by atoms with van der Waals surface area (Å²) < 4.78 is 11.3. The summed E-state index contributed by atoms with van der Waals surface area (Å²) in [5.74, 6) is 1.48. The van der Waals surface area contributed by atoms with Gasteiger partial charge in [-0.25, -0.2) is 0 Å². The zero-order valence-electron chi connectivity index (χ0n) is 17.2. The van der Waals surface area contributed by atoms with Crippen molar-refractivity contribution in [2.24, 2.45) is 5.73 Å². The molecule has 0 spiro atoms. The molecule has 162 valence electrons. The molecule has 0 aliphatic carbocycles. The van der Waals surface area contributed by atoms with Crippen molar-refractivity contribution in [3.63, 3.8) is 0 Å². The van der Waals surface area contributed by atoms with Gasteiger partial charge >= 0.3 is 0 Å². The van der Waals surface area contributed by atoms with Crippen molar-refractivity contribution < 1.29 is 9.47 Å². The number of benzene rings is 2. The lowest BCUT2D eigenvalue weighted by atomic mass is 9.78. The molecule has 5 nitrogen and oxygen atoms in total. The third-order valence-corrected chi connectivity index (χ3v) is 5.49. The first-order valence-electron chi connectivity index (χ1n) is 9.33. The van der Waals surface area contributed by atoms with Gasteiger partial charge in [-0.1, -0.05) is 49.2 Å². The molecule has 0 aliphatic heterocycles. The first-order chi connectivity index (χ1) is 14.2. The van der Waals surface area contributed by atoms with Crippen LogP contribution in [0.2, 0.25) is 10.0 Å². The van der Waals surface area contributed by atoms with Crippen molar-refractivity contribution in [1.82, 2.24) is 5.32 Å². The number of rotatable bonds is 10. The van der Waals surface area contributed by atoms with Gasteiger partial charge in [0.05, 0.1) is 27.3 Å². The molecule has 0 saturated heterocycles. The molecular formula is C22H26Cl3N3O2. The van der Waals surface area contributed by atoms with Gasteiger partial charge in [-0.3, -0.25) is 0 Å². The molecule has 2 rings (SSSR count). The third kappa shape index (κ3) is 5.75. The Hall–Kier alpha value is -2.08. The van der Waals surface area contributed by atoms with Crippen molar-refractivity contribution >= 4 is 41.0 Å². The number of halogens is 3. The zero-order valence-corrected chi connectivity index (χ0v) is 19.5. The number of hydrogen-bond acceptors (Lipinski definition) is 5. The Labute approximate surface area is 192 Å². The summed E-state index contributed by atoms with van der Waals surface area (Å²) in [6.45, 7) is 4.70. The molecule has 30 heavy (non-hydrogen) atoms. The van der Waals surface area contributed by atoms with Crippen molar-refractivity contribution in [1.29, 1.82) is 5.41 Å². The third-order valence-electron chi connectivity index (χ3n) is 4.77. The van der Waals surface area contributed by atoms with Crippen LogP contribution in [0.5, 0.6) is 11.5 Å². The molecule has 2 aromatic carbocycles. The number of nitrogens with one attached hydrogen (secondary N) is 2. The van der Waals surface area contributed by atoms with Crippen LogP contribution < -0.4 is 20.5 Å². The van der Waals surface area contributed by atoms with Crippen LogP contribution in [0.3, 0.4) is 0 Å². The molecule has 0 aliphatic rings. The van der Waals surface area contributed by atoms with E-state index in [4.69, 9.17) is 55.4 Å². The topological polar surface area (TPSA) is 80.4 Å². The molecule has 0 bridgehead atoms. The molecule has 0 radical (unpaired) electrons. The van der Waals surface area contributed by atoms with Gasteiger partial charge in [-0.15, -0.1) is 11.6 Å². The standard InChI is InChI=1S/C22H26Cl3N3O2/c1-22(2,15-10-17(24)21(18(25)11-15)29-9-8-23)14-4-6-16(7-5-14)30-13-19(27)20(12-26)28-3/h4-7,10-12,26,28H,8-9,13,27H2,1-3H3/b20-19+,26-12?. The first kappa shape index (κ1) is 24.2. The normalized spacial score (nSPS) is 12.2. The molecule has 0 atom stereocenters. The second-order valence-corrected chi connectivity index (χ2v) is 8.27. The van der Waals surface area contributed by atoms with E-state index in [1.165, 1.54) is 0 Å². The van der Waals surface area contributed by atoms with Gasteiger partial charge in [0.15, 0.2) is 5.75 Å². The van der Waals surface area contributed by atoms with Gasteiger partial charge < -0.3 is 25.9 Å². The van der Waals surface area contributed by atoms with Crippen LogP contribution in [0.4, 0.5) is 0 Å².